The average Bonchev–Trinajstić information content (AvgIpc) is 3.51. The fraction of sp³-hybridized carbons (Fsp3) is 0.125. The normalized spacial score (nSPS) is 14.0. The molecule has 0 spiro atoms. The number of nitrogens with one attached hydrogen (secondary N) is 2. The van der Waals surface area contributed by atoms with Crippen molar-refractivity contribution in [1.29, 1.82) is 0 Å². The first kappa shape index (κ1) is 19.7. The summed E-state index contributed by atoms with van der Waals surface area (Å²) >= 11 is 0. The number of pyridine rings is 3. The van der Waals surface area contributed by atoms with Gasteiger partial charge in [-0.2, -0.15) is 5.10 Å². The number of H-pyrrole nitrogens is 2. The highest BCUT2D eigenvalue weighted by atomic mass is 15.3. The number of nitrogens with zero attached hydrogens (tertiary/aromatic N) is 8. The Hall–Kier alpha value is -4.77. The predicted octanol–water partition coefficient (Wildman–Crippen LogP) is 2.56. The topological polar surface area (TPSA) is 151 Å². The molecule has 35 heavy (non-hydrogen) atoms. The highest BCUT2D eigenvalue weighted by molar-refractivity contribution is 5.96. The Bertz CT molecular complexity index is 1680. The van der Waals surface area contributed by atoms with Crippen molar-refractivity contribution in [1.82, 2.24) is 45.1 Å². The Morgan fingerprint density at radius 3 is 2.66 bits per heavy atom. The molecule has 0 amide bonds. The Morgan fingerprint density at radius 1 is 0.914 bits per heavy atom. The van der Waals surface area contributed by atoms with Crippen LogP contribution in [0.3, 0.4) is 0 Å². The van der Waals surface area contributed by atoms with Crippen LogP contribution in [0.15, 0.2) is 61.4 Å². The molecular formula is C24H19N11. The van der Waals surface area contributed by atoms with Crippen LogP contribution in [0, 0.1) is 0 Å². The van der Waals surface area contributed by atoms with E-state index in [4.69, 9.17) is 15.7 Å². The monoisotopic (exact) mass is 461 g/mol. The number of fused-ring (bicyclic) bond motifs is 2. The molecule has 0 unspecified atom stereocenters. The van der Waals surface area contributed by atoms with E-state index in [1.165, 1.54) is 0 Å². The molecule has 0 radical (unpaired) electrons. The van der Waals surface area contributed by atoms with E-state index in [1.54, 1.807) is 37.2 Å². The van der Waals surface area contributed by atoms with Gasteiger partial charge in [0.2, 0.25) is 0 Å². The highest BCUT2D eigenvalue weighted by Gasteiger charge is 2.25. The maximum Gasteiger partial charge on any atom is 0.178 e. The third kappa shape index (κ3) is 3.28. The third-order valence-electron chi connectivity index (χ3n) is 6.17. The molecule has 11 heteroatoms. The highest BCUT2D eigenvalue weighted by Crippen LogP contribution is 2.31. The fourth-order valence-electron chi connectivity index (χ4n) is 4.36. The van der Waals surface area contributed by atoms with E-state index in [1.807, 2.05) is 24.3 Å². The molecule has 1 aliphatic rings. The van der Waals surface area contributed by atoms with E-state index in [-0.39, 0.29) is 6.04 Å². The number of hydrogen-bond acceptors (Lipinski definition) is 9. The lowest BCUT2D eigenvalue weighted by Gasteiger charge is -2.37. The maximum absolute atomic E-state index is 5.92. The lowest BCUT2D eigenvalue weighted by Crippen LogP contribution is -2.56. The Morgan fingerprint density at radius 2 is 1.80 bits per heavy atom. The molecule has 0 aromatic carbocycles. The molecule has 0 saturated carbocycles. The van der Waals surface area contributed by atoms with Gasteiger partial charge in [0.15, 0.2) is 11.5 Å². The second-order valence-electron chi connectivity index (χ2n) is 8.49. The smallest absolute Gasteiger partial charge is 0.178 e. The molecule has 7 heterocycles. The Labute approximate surface area is 198 Å². The number of aromatic amines is 2. The van der Waals surface area contributed by atoms with E-state index in [2.05, 4.69) is 40.0 Å². The summed E-state index contributed by atoms with van der Waals surface area (Å²) in [6, 6.07) is 8.01. The molecule has 1 aliphatic heterocycles. The second-order valence-corrected chi connectivity index (χ2v) is 8.49. The van der Waals surface area contributed by atoms with Crippen molar-refractivity contribution in [3.05, 3.63) is 61.4 Å². The van der Waals surface area contributed by atoms with Crippen LogP contribution in [0.1, 0.15) is 0 Å². The first-order chi connectivity index (χ1) is 17.2. The lowest BCUT2D eigenvalue weighted by atomic mass is 10.1. The van der Waals surface area contributed by atoms with Gasteiger partial charge in [0.1, 0.15) is 17.2 Å². The van der Waals surface area contributed by atoms with Crippen LogP contribution >= 0.6 is 0 Å². The minimum Gasteiger partial charge on any atom is -0.352 e. The number of anilines is 1. The van der Waals surface area contributed by atoms with Crippen LogP contribution in [0.4, 0.5) is 5.82 Å². The van der Waals surface area contributed by atoms with Gasteiger partial charge in [-0.05, 0) is 29.8 Å². The van der Waals surface area contributed by atoms with E-state index < -0.39 is 0 Å². The van der Waals surface area contributed by atoms with Crippen molar-refractivity contribution in [3.63, 3.8) is 0 Å². The van der Waals surface area contributed by atoms with Crippen LogP contribution in [-0.4, -0.2) is 64.2 Å². The van der Waals surface area contributed by atoms with Gasteiger partial charge in [-0.25, -0.2) is 15.0 Å². The number of aromatic nitrogens is 9. The predicted molar refractivity (Wildman–Crippen MR) is 131 cm³/mol. The molecule has 6 aromatic heterocycles. The molecule has 170 valence electrons. The van der Waals surface area contributed by atoms with Crippen molar-refractivity contribution >= 4 is 27.9 Å². The van der Waals surface area contributed by atoms with Crippen molar-refractivity contribution < 1.29 is 0 Å². The Kier molecular flexibility index (Phi) is 4.29. The molecule has 6 aromatic rings. The summed E-state index contributed by atoms with van der Waals surface area (Å²) < 4.78 is 0. The van der Waals surface area contributed by atoms with Gasteiger partial charge in [-0.15, -0.1) is 0 Å². The van der Waals surface area contributed by atoms with Crippen molar-refractivity contribution in [2.24, 2.45) is 5.73 Å². The fourth-order valence-corrected chi connectivity index (χ4v) is 4.36. The van der Waals surface area contributed by atoms with Crippen molar-refractivity contribution in [2.75, 3.05) is 18.0 Å². The lowest BCUT2D eigenvalue weighted by molar-refractivity contribution is 0.514. The van der Waals surface area contributed by atoms with Crippen molar-refractivity contribution in [3.8, 4) is 34.0 Å². The molecule has 0 bridgehead atoms. The van der Waals surface area contributed by atoms with E-state index in [0.29, 0.717) is 28.6 Å². The first-order valence-electron chi connectivity index (χ1n) is 11.2. The third-order valence-corrected chi connectivity index (χ3v) is 6.17. The van der Waals surface area contributed by atoms with Crippen LogP contribution in [0.2, 0.25) is 0 Å². The minimum atomic E-state index is 0.181. The zero-order chi connectivity index (χ0) is 23.4. The van der Waals surface area contributed by atoms with Crippen LogP contribution in [-0.2, 0) is 0 Å². The molecule has 11 nitrogen and oxygen atoms in total. The standard InChI is InChI=1S/C24H19N11/c25-14-11-35(12-14)20-10-27-8-19(30-20)17-7-16-18(9-29-17)33-34-22(16)24-31-21-15(3-6-28-23(21)32-24)13-1-4-26-5-2-13/h1-10,14H,11-12,25H2,(H,33,34)(H,28,31,32). The molecule has 1 saturated heterocycles. The van der Waals surface area contributed by atoms with E-state index >= 15 is 0 Å². The molecule has 1 fully saturated rings. The van der Waals surface area contributed by atoms with Crippen LogP contribution in [0.5, 0.6) is 0 Å². The van der Waals surface area contributed by atoms with Crippen LogP contribution in [0.25, 0.3) is 56.1 Å². The number of imidazole rings is 1. The summed E-state index contributed by atoms with van der Waals surface area (Å²) in [6.07, 6.45) is 10.5. The molecule has 0 atom stereocenters. The number of hydrogen-bond donors (Lipinski definition) is 3. The first-order valence-corrected chi connectivity index (χ1v) is 11.2. The summed E-state index contributed by atoms with van der Waals surface area (Å²) in [5.74, 6) is 1.41. The van der Waals surface area contributed by atoms with Gasteiger partial charge in [-0.3, -0.25) is 20.1 Å². The van der Waals surface area contributed by atoms with Crippen molar-refractivity contribution in [2.45, 2.75) is 6.04 Å². The van der Waals surface area contributed by atoms with Gasteiger partial charge >= 0.3 is 0 Å². The Balaban J connectivity index is 1.31. The zero-order valence-corrected chi connectivity index (χ0v) is 18.4. The van der Waals surface area contributed by atoms with Gasteiger partial charge in [-0.1, -0.05) is 0 Å². The summed E-state index contributed by atoms with van der Waals surface area (Å²) in [6.45, 7) is 1.55. The zero-order valence-electron chi connectivity index (χ0n) is 18.4. The molecule has 4 N–H and O–H groups in total. The van der Waals surface area contributed by atoms with Gasteiger partial charge in [0.05, 0.1) is 35.3 Å². The summed E-state index contributed by atoms with van der Waals surface area (Å²) in [4.78, 5) is 32.5. The second kappa shape index (κ2) is 7.64. The van der Waals surface area contributed by atoms with Gasteiger partial charge < -0.3 is 15.6 Å². The molecular weight excluding hydrogens is 442 g/mol. The molecule has 0 aliphatic carbocycles. The summed E-state index contributed by atoms with van der Waals surface area (Å²) in [5.41, 5.74) is 12.3. The summed E-state index contributed by atoms with van der Waals surface area (Å²) in [5, 5.41) is 8.44. The SMILES string of the molecule is NC1CN(c2cncc(-c3cc4c(-c5nc6nccc(-c7ccncc7)c6[nH]5)n[nH]c4cn3)n2)C1. The number of rotatable bonds is 4. The quantitative estimate of drug-likeness (QED) is 0.360. The van der Waals surface area contributed by atoms with E-state index in [9.17, 15) is 0 Å². The maximum atomic E-state index is 5.92. The van der Waals surface area contributed by atoms with Gasteiger partial charge in [0, 0.05) is 48.7 Å². The van der Waals surface area contributed by atoms with E-state index in [0.717, 1.165) is 46.5 Å². The molecule has 7 rings (SSSR count). The summed E-state index contributed by atoms with van der Waals surface area (Å²) in [7, 11) is 0. The largest absolute Gasteiger partial charge is 0.352 e. The average molecular weight is 461 g/mol. The van der Waals surface area contributed by atoms with Crippen LogP contribution < -0.4 is 10.6 Å². The minimum absolute atomic E-state index is 0.181. The van der Waals surface area contributed by atoms with Gasteiger partial charge in [0.25, 0.3) is 0 Å². The number of nitrogens with two attached hydrogens (primary N) is 1.